The Morgan fingerprint density at radius 1 is 1.07 bits per heavy atom. The van der Waals surface area contributed by atoms with Crippen molar-refractivity contribution in [1.29, 1.82) is 0 Å². The van der Waals surface area contributed by atoms with Gasteiger partial charge < -0.3 is 9.73 Å². The van der Waals surface area contributed by atoms with Gasteiger partial charge in [0.15, 0.2) is 0 Å². The van der Waals surface area contributed by atoms with Crippen LogP contribution in [-0.2, 0) is 27.8 Å². The van der Waals surface area contributed by atoms with E-state index in [1.165, 1.54) is 5.56 Å². The van der Waals surface area contributed by atoms with Gasteiger partial charge in [-0.25, -0.2) is 4.98 Å². The van der Waals surface area contributed by atoms with Gasteiger partial charge in [0.25, 0.3) is 0 Å². The maximum absolute atomic E-state index is 12.4. The Hall–Kier alpha value is -2.73. The van der Waals surface area contributed by atoms with Crippen LogP contribution in [0.1, 0.15) is 29.0 Å². The van der Waals surface area contributed by atoms with Gasteiger partial charge in [0.1, 0.15) is 11.5 Å². The number of nitrogens with one attached hydrogen (secondary N) is 1. The number of rotatable bonds is 9. The van der Waals surface area contributed by atoms with Crippen LogP contribution in [0.5, 0.6) is 0 Å². The third-order valence-electron chi connectivity index (χ3n) is 4.59. The predicted octanol–water partition coefficient (Wildman–Crippen LogP) is 3.96. The van der Waals surface area contributed by atoms with Crippen LogP contribution < -0.4 is 5.32 Å². The molecule has 0 unspecified atom stereocenters. The molecule has 1 heterocycles. The maximum atomic E-state index is 12.4. The third kappa shape index (κ3) is 6.39. The van der Waals surface area contributed by atoms with Crippen LogP contribution in [0.25, 0.3) is 11.5 Å². The fourth-order valence-electron chi connectivity index (χ4n) is 2.95. The van der Waals surface area contributed by atoms with Crippen LogP contribution in [0.4, 0.5) is 0 Å². The van der Waals surface area contributed by atoms with Crippen molar-refractivity contribution in [3.05, 3.63) is 77.2 Å². The minimum atomic E-state index is -1.33. The Balaban J connectivity index is 1.45. The molecule has 1 aromatic heterocycles. The van der Waals surface area contributed by atoms with Gasteiger partial charge in [-0.1, -0.05) is 48.0 Å². The smallest absolute Gasteiger partial charge is 0.232 e. The average molecular weight is 411 g/mol. The summed E-state index contributed by atoms with van der Waals surface area (Å²) in [5.41, 5.74) is 3.92. The second-order valence-corrected chi connectivity index (χ2v) is 8.51. The molecule has 0 radical (unpaired) electrons. The molecule has 1 N–H and O–H groups in total. The molecule has 0 aliphatic heterocycles. The Kier molecular flexibility index (Phi) is 7.36. The Bertz CT molecular complexity index is 966. The van der Waals surface area contributed by atoms with Gasteiger partial charge in [-0.15, -0.1) is 0 Å². The summed E-state index contributed by atoms with van der Waals surface area (Å²) in [7, 11) is -1.33. The van der Waals surface area contributed by atoms with Gasteiger partial charge in [-0.2, -0.15) is 0 Å². The van der Waals surface area contributed by atoms with Crippen LogP contribution in [0.15, 0.2) is 59.0 Å². The number of oxazole rings is 1. The van der Waals surface area contributed by atoms with E-state index < -0.39 is 10.8 Å². The fourth-order valence-corrected chi connectivity index (χ4v) is 4.02. The molecule has 1 atom stereocenters. The van der Waals surface area contributed by atoms with E-state index in [1.54, 1.807) is 6.92 Å². The van der Waals surface area contributed by atoms with Crippen LogP contribution in [0, 0.1) is 13.8 Å². The highest BCUT2D eigenvalue weighted by molar-refractivity contribution is 7.84. The lowest BCUT2D eigenvalue weighted by Crippen LogP contribution is -2.29. The first kappa shape index (κ1) is 21.0. The predicted molar refractivity (Wildman–Crippen MR) is 116 cm³/mol. The van der Waals surface area contributed by atoms with Gasteiger partial charge in [0.05, 0.1) is 11.4 Å². The van der Waals surface area contributed by atoms with Crippen molar-refractivity contribution in [2.24, 2.45) is 0 Å². The molecule has 0 spiro atoms. The molecule has 0 fully saturated rings. The largest absolute Gasteiger partial charge is 0.441 e. The minimum Gasteiger partial charge on any atom is -0.441 e. The second-order valence-electron chi connectivity index (χ2n) is 7.06. The quantitative estimate of drug-likeness (QED) is 0.542. The summed E-state index contributed by atoms with van der Waals surface area (Å²) < 4.78 is 18.1. The second kappa shape index (κ2) is 10.2. The average Bonchev–Trinajstić information content (AvgIpc) is 3.07. The summed E-state index contributed by atoms with van der Waals surface area (Å²) in [6, 6.07) is 18.0. The lowest BCUT2D eigenvalue weighted by molar-refractivity contribution is -0.118. The number of aryl methyl sites for hydroxylation is 3. The number of aromatic nitrogens is 1. The number of hydrogen-bond acceptors (Lipinski definition) is 4. The highest BCUT2D eigenvalue weighted by Gasteiger charge is 2.16. The van der Waals surface area contributed by atoms with Crippen LogP contribution in [0.2, 0.25) is 0 Å². The lowest BCUT2D eigenvalue weighted by atomic mass is 10.1. The van der Waals surface area contributed by atoms with Crippen molar-refractivity contribution in [1.82, 2.24) is 10.3 Å². The number of benzene rings is 2. The van der Waals surface area contributed by atoms with Crippen molar-refractivity contribution >= 4 is 16.7 Å². The zero-order valence-corrected chi connectivity index (χ0v) is 17.6. The molecule has 2 aromatic carbocycles. The van der Waals surface area contributed by atoms with E-state index in [-0.39, 0.29) is 17.4 Å². The molecular formula is C23H26N2O3S. The standard InChI is InChI=1S/C23H26N2O3S/c1-17-10-12-20(13-11-17)23-25-21(18(2)28-23)15-29(27)16-22(26)24-14-6-9-19-7-4-3-5-8-19/h3-5,7-8,10-13H,6,9,14-16H2,1-2H3,(H,24,26)/t29-/m1/s1. The van der Waals surface area contributed by atoms with Crippen molar-refractivity contribution in [3.8, 4) is 11.5 Å². The van der Waals surface area contributed by atoms with E-state index >= 15 is 0 Å². The van der Waals surface area contributed by atoms with Crippen molar-refractivity contribution in [2.45, 2.75) is 32.4 Å². The van der Waals surface area contributed by atoms with Crippen LogP contribution in [-0.4, -0.2) is 27.4 Å². The Labute approximate surface area is 174 Å². The molecule has 6 heteroatoms. The zero-order chi connectivity index (χ0) is 20.6. The summed E-state index contributed by atoms with van der Waals surface area (Å²) in [6.45, 7) is 4.40. The fraction of sp³-hybridized carbons (Fsp3) is 0.304. The van der Waals surface area contributed by atoms with E-state index in [2.05, 4.69) is 22.4 Å². The first-order valence-corrected chi connectivity index (χ1v) is 11.2. The number of nitrogens with zero attached hydrogens (tertiary/aromatic N) is 1. The van der Waals surface area contributed by atoms with E-state index in [0.717, 1.165) is 24.0 Å². The Morgan fingerprint density at radius 2 is 1.79 bits per heavy atom. The van der Waals surface area contributed by atoms with Gasteiger partial charge in [0, 0.05) is 22.9 Å². The third-order valence-corrected chi connectivity index (χ3v) is 5.77. The summed E-state index contributed by atoms with van der Waals surface area (Å²) in [5.74, 6) is 1.13. The molecule has 1 amide bonds. The van der Waals surface area contributed by atoms with E-state index in [9.17, 15) is 9.00 Å². The molecule has 0 bridgehead atoms. The van der Waals surface area contributed by atoms with E-state index in [4.69, 9.17) is 4.42 Å². The summed E-state index contributed by atoms with van der Waals surface area (Å²) in [4.78, 5) is 16.5. The van der Waals surface area contributed by atoms with Crippen LogP contribution >= 0.6 is 0 Å². The highest BCUT2D eigenvalue weighted by atomic mass is 32.2. The highest BCUT2D eigenvalue weighted by Crippen LogP contribution is 2.22. The van der Waals surface area contributed by atoms with Crippen molar-refractivity contribution in [3.63, 3.8) is 0 Å². The van der Waals surface area contributed by atoms with Crippen molar-refractivity contribution in [2.75, 3.05) is 12.3 Å². The molecule has 29 heavy (non-hydrogen) atoms. The number of amides is 1. The Morgan fingerprint density at radius 3 is 2.52 bits per heavy atom. The topological polar surface area (TPSA) is 72.2 Å². The van der Waals surface area contributed by atoms with Gasteiger partial charge >= 0.3 is 0 Å². The molecule has 0 saturated carbocycles. The number of carbonyl (C=O) groups excluding carboxylic acids is 1. The number of hydrogen-bond donors (Lipinski definition) is 1. The minimum absolute atomic E-state index is 0.0303. The molecule has 152 valence electrons. The van der Waals surface area contributed by atoms with Gasteiger partial charge in [-0.05, 0) is 44.4 Å². The van der Waals surface area contributed by atoms with Crippen molar-refractivity contribution < 1.29 is 13.4 Å². The van der Waals surface area contributed by atoms with E-state index in [1.807, 2.05) is 49.4 Å². The molecular weight excluding hydrogens is 384 g/mol. The maximum Gasteiger partial charge on any atom is 0.232 e. The van der Waals surface area contributed by atoms with E-state index in [0.29, 0.717) is 23.9 Å². The van der Waals surface area contributed by atoms with Gasteiger partial charge in [-0.3, -0.25) is 9.00 Å². The molecule has 3 rings (SSSR count). The van der Waals surface area contributed by atoms with Gasteiger partial charge in [0.2, 0.25) is 11.8 Å². The number of carbonyl (C=O) groups is 1. The molecule has 0 aliphatic carbocycles. The molecule has 3 aromatic rings. The molecule has 0 saturated heterocycles. The zero-order valence-electron chi connectivity index (χ0n) is 16.8. The first-order chi connectivity index (χ1) is 14.0. The monoisotopic (exact) mass is 410 g/mol. The normalized spacial score (nSPS) is 11.9. The summed E-state index contributed by atoms with van der Waals surface area (Å²) in [6.07, 6.45) is 1.76. The first-order valence-electron chi connectivity index (χ1n) is 9.70. The van der Waals surface area contributed by atoms with Crippen LogP contribution in [0.3, 0.4) is 0 Å². The lowest BCUT2D eigenvalue weighted by Gasteiger charge is -2.05. The molecule has 5 nitrogen and oxygen atoms in total. The molecule has 0 aliphatic rings. The summed E-state index contributed by atoms with van der Waals surface area (Å²) >= 11 is 0. The summed E-state index contributed by atoms with van der Waals surface area (Å²) in [5, 5.41) is 2.84. The SMILES string of the molecule is Cc1ccc(-c2nc(C[S@@](=O)CC(=O)NCCCc3ccccc3)c(C)o2)cc1.